The van der Waals surface area contributed by atoms with Crippen LogP contribution in [0.1, 0.15) is 36.2 Å². The van der Waals surface area contributed by atoms with Crippen LogP contribution in [0.4, 0.5) is 0 Å². The molecule has 2 atom stereocenters. The summed E-state index contributed by atoms with van der Waals surface area (Å²) in [6.45, 7) is 2.97. The van der Waals surface area contributed by atoms with Crippen molar-refractivity contribution >= 4 is 11.3 Å². The second-order valence-corrected chi connectivity index (χ2v) is 5.27. The highest BCUT2D eigenvalue weighted by Gasteiger charge is 2.21. The summed E-state index contributed by atoms with van der Waals surface area (Å²) < 4.78 is 5.15. The summed E-state index contributed by atoms with van der Waals surface area (Å²) in [6, 6.07) is 3.26. The molecule has 3 heteroatoms. The van der Waals surface area contributed by atoms with Gasteiger partial charge in [-0.2, -0.15) is 0 Å². The zero-order chi connectivity index (χ0) is 10.7. The van der Waals surface area contributed by atoms with Crippen molar-refractivity contribution in [3.63, 3.8) is 0 Å². The van der Waals surface area contributed by atoms with Gasteiger partial charge in [0.2, 0.25) is 0 Å². The molecule has 1 aliphatic carbocycles. The van der Waals surface area contributed by atoms with Crippen molar-refractivity contribution in [3.8, 4) is 0 Å². The molecular weight excluding hydrogens is 206 g/mol. The molecule has 2 nitrogen and oxygen atoms in total. The summed E-state index contributed by atoms with van der Waals surface area (Å²) >= 11 is 1.90. The predicted octanol–water partition coefficient (Wildman–Crippen LogP) is 2.75. The van der Waals surface area contributed by atoms with Crippen molar-refractivity contribution in [2.24, 2.45) is 0 Å². The van der Waals surface area contributed by atoms with Gasteiger partial charge in [0.15, 0.2) is 0 Å². The Labute approximate surface area is 95.6 Å². The quantitative estimate of drug-likeness (QED) is 0.850. The number of rotatable bonds is 4. The molecule has 1 heterocycles. The van der Waals surface area contributed by atoms with Gasteiger partial charge in [0.05, 0.1) is 6.61 Å². The van der Waals surface area contributed by atoms with E-state index in [2.05, 4.69) is 23.7 Å². The maximum atomic E-state index is 5.15. The minimum Gasteiger partial charge on any atom is -0.383 e. The van der Waals surface area contributed by atoms with Gasteiger partial charge in [-0.15, -0.1) is 11.3 Å². The zero-order valence-corrected chi connectivity index (χ0v) is 10.3. The number of ether oxygens (including phenoxy) is 1. The standard InChI is InChI=1S/C12H19NOS/c1-9(8-14-2)13-11-4-3-5-12-10(11)6-7-15-12/h6-7,9,11,13H,3-5,8H2,1-2H3. The van der Waals surface area contributed by atoms with Crippen LogP contribution in [-0.4, -0.2) is 19.8 Å². The number of aryl methyl sites for hydroxylation is 1. The Morgan fingerprint density at radius 2 is 2.53 bits per heavy atom. The molecule has 1 aromatic rings. The van der Waals surface area contributed by atoms with E-state index in [4.69, 9.17) is 4.74 Å². The van der Waals surface area contributed by atoms with Gasteiger partial charge in [-0.1, -0.05) is 0 Å². The van der Waals surface area contributed by atoms with E-state index >= 15 is 0 Å². The molecule has 2 rings (SSSR count). The first kappa shape index (κ1) is 11.1. The van der Waals surface area contributed by atoms with E-state index in [0.717, 1.165) is 6.61 Å². The van der Waals surface area contributed by atoms with Gasteiger partial charge < -0.3 is 10.1 Å². The highest BCUT2D eigenvalue weighted by Crippen LogP contribution is 2.33. The van der Waals surface area contributed by atoms with E-state index in [-0.39, 0.29) is 0 Å². The van der Waals surface area contributed by atoms with Crippen molar-refractivity contribution in [3.05, 3.63) is 21.9 Å². The van der Waals surface area contributed by atoms with E-state index in [0.29, 0.717) is 12.1 Å². The van der Waals surface area contributed by atoms with E-state index in [1.165, 1.54) is 24.8 Å². The molecule has 0 saturated heterocycles. The van der Waals surface area contributed by atoms with Gasteiger partial charge in [-0.25, -0.2) is 0 Å². The second kappa shape index (κ2) is 5.10. The summed E-state index contributed by atoms with van der Waals surface area (Å²) in [5.74, 6) is 0. The number of nitrogens with one attached hydrogen (secondary N) is 1. The van der Waals surface area contributed by atoms with E-state index < -0.39 is 0 Å². The first-order valence-corrected chi connectivity index (χ1v) is 6.50. The maximum absolute atomic E-state index is 5.15. The lowest BCUT2D eigenvalue weighted by atomic mass is 9.93. The van der Waals surface area contributed by atoms with Gasteiger partial charge in [0, 0.05) is 24.1 Å². The van der Waals surface area contributed by atoms with E-state index in [1.807, 2.05) is 11.3 Å². The molecule has 1 aliphatic rings. The van der Waals surface area contributed by atoms with Gasteiger partial charge in [0.25, 0.3) is 0 Å². The van der Waals surface area contributed by atoms with Crippen LogP contribution in [0, 0.1) is 0 Å². The minimum absolute atomic E-state index is 0.436. The third-order valence-corrected chi connectivity index (χ3v) is 3.95. The number of hydrogen-bond acceptors (Lipinski definition) is 3. The van der Waals surface area contributed by atoms with E-state index in [1.54, 1.807) is 12.0 Å². The highest BCUT2D eigenvalue weighted by atomic mass is 32.1. The van der Waals surface area contributed by atoms with Crippen molar-refractivity contribution in [2.45, 2.75) is 38.3 Å². The molecule has 0 aromatic carbocycles. The van der Waals surface area contributed by atoms with Crippen molar-refractivity contribution < 1.29 is 4.74 Å². The fourth-order valence-corrected chi connectivity index (χ4v) is 3.29. The Morgan fingerprint density at radius 3 is 3.33 bits per heavy atom. The molecule has 2 unspecified atom stereocenters. The lowest BCUT2D eigenvalue weighted by Gasteiger charge is -2.26. The summed E-state index contributed by atoms with van der Waals surface area (Å²) in [4.78, 5) is 1.57. The molecule has 15 heavy (non-hydrogen) atoms. The predicted molar refractivity (Wildman–Crippen MR) is 64.5 cm³/mol. The first-order chi connectivity index (χ1) is 7.31. The Balaban J connectivity index is 2.00. The van der Waals surface area contributed by atoms with Crippen LogP contribution < -0.4 is 5.32 Å². The van der Waals surface area contributed by atoms with Crippen LogP contribution in [0.25, 0.3) is 0 Å². The third-order valence-electron chi connectivity index (χ3n) is 2.95. The number of hydrogen-bond donors (Lipinski definition) is 1. The van der Waals surface area contributed by atoms with Gasteiger partial charge >= 0.3 is 0 Å². The molecule has 0 saturated carbocycles. The average molecular weight is 225 g/mol. The average Bonchev–Trinajstić information content (AvgIpc) is 2.67. The van der Waals surface area contributed by atoms with E-state index in [9.17, 15) is 0 Å². The van der Waals surface area contributed by atoms with Crippen molar-refractivity contribution in [1.82, 2.24) is 5.32 Å². The fraction of sp³-hybridized carbons (Fsp3) is 0.667. The molecule has 0 aliphatic heterocycles. The van der Waals surface area contributed by atoms with Crippen LogP contribution >= 0.6 is 11.3 Å². The third kappa shape index (κ3) is 2.60. The summed E-state index contributed by atoms with van der Waals surface area (Å²) in [5, 5.41) is 5.86. The van der Waals surface area contributed by atoms with Crippen LogP contribution in [-0.2, 0) is 11.2 Å². The van der Waals surface area contributed by atoms with Crippen LogP contribution in [0.2, 0.25) is 0 Å². The highest BCUT2D eigenvalue weighted by molar-refractivity contribution is 7.10. The lowest BCUT2D eigenvalue weighted by Crippen LogP contribution is -2.35. The van der Waals surface area contributed by atoms with Crippen LogP contribution in [0.5, 0.6) is 0 Å². The Bertz CT molecular complexity index is 310. The first-order valence-electron chi connectivity index (χ1n) is 5.62. The molecule has 1 aromatic heterocycles. The molecule has 0 amide bonds. The molecule has 0 fully saturated rings. The molecule has 0 radical (unpaired) electrons. The number of thiophene rings is 1. The maximum Gasteiger partial charge on any atom is 0.0613 e. The normalized spacial score (nSPS) is 22.4. The SMILES string of the molecule is COCC(C)NC1CCCc2sccc21. The lowest BCUT2D eigenvalue weighted by molar-refractivity contribution is 0.165. The Hall–Kier alpha value is -0.380. The number of methoxy groups -OCH3 is 1. The minimum atomic E-state index is 0.436. The van der Waals surface area contributed by atoms with Gasteiger partial charge in [-0.3, -0.25) is 0 Å². The van der Waals surface area contributed by atoms with Crippen molar-refractivity contribution in [2.75, 3.05) is 13.7 Å². The van der Waals surface area contributed by atoms with Gasteiger partial charge in [0.1, 0.15) is 0 Å². The largest absolute Gasteiger partial charge is 0.383 e. The summed E-state index contributed by atoms with van der Waals surface area (Å²) in [7, 11) is 1.76. The molecular formula is C12H19NOS. The fourth-order valence-electron chi connectivity index (χ4n) is 2.30. The van der Waals surface area contributed by atoms with Crippen LogP contribution in [0.15, 0.2) is 11.4 Å². The Kier molecular flexibility index (Phi) is 3.78. The summed E-state index contributed by atoms with van der Waals surface area (Å²) in [5.41, 5.74) is 1.52. The molecule has 0 spiro atoms. The van der Waals surface area contributed by atoms with Crippen LogP contribution in [0.3, 0.4) is 0 Å². The zero-order valence-electron chi connectivity index (χ0n) is 9.45. The van der Waals surface area contributed by atoms with Gasteiger partial charge in [-0.05, 0) is 43.2 Å². The molecule has 0 bridgehead atoms. The van der Waals surface area contributed by atoms with Crippen molar-refractivity contribution in [1.29, 1.82) is 0 Å². The molecule has 84 valence electrons. The topological polar surface area (TPSA) is 21.3 Å². The monoisotopic (exact) mass is 225 g/mol. The second-order valence-electron chi connectivity index (χ2n) is 4.27. The molecule has 1 N–H and O–H groups in total. The smallest absolute Gasteiger partial charge is 0.0613 e. The summed E-state index contributed by atoms with van der Waals surface area (Å²) in [6.07, 6.45) is 3.84. The number of fused-ring (bicyclic) bond motifs is 1. The Morgan fingerprint density at radius 1 is 1.67 bits per heavy atom.